The van der Waals surface area contributed by atoms with Crippen LogP contribution in [0.2, 0.25) is 0 Å². The predicted molar refractivity (Wildman–Crippen MR) is 121 cm³/mol. The molecule has 0 spiro atoms. The van der Waals surface area contributed by atoms with Crippen molar-refractivity contribution in [3.05, 3.63) is 60.2 Å². The Morgan fingerprint density at radius 2 is 1.77 bits per heavy atom. The summed E-state index contributed by atoms with van der Waals surface area (Å²) >= 11 is 0. The van der Waals surface area contributed by atoms with Crippen LogP contribution in [0, 0.1) is 0 Å². The van der Waals surface area contributed by atoms with E-state index < -0.39 is 0 Å². The summed E-state index contributed by atoms with van der Waals surface area (Å²) in [7, 11) is 3.10. The second kappa shape index (κ2) is 9.47. The van der Waals surface area contributed by atoms with Crippen molar-refractivity contribution in [3.63, 3.8) is 0 Å². The average molecular weight is 418 g/mol. The minimum Gasteiger partial charge on any atom is -0.497 e. The van der Waals surface area contributed by atoms with Crippen molar-refractivity contribution in [2.24, 2.45) is 0 Å². The van der Waals surface area contributed by atoms with Crippen molar-refractivity contribution in [3.8, 4) is 22.8 Å². The highest BCUT2D eigenvalue weighted by Gasteiger charge is 2.15. The number of nitrogens with one attached hydrogen (secondary N) is 1. The quantitative estimate of drug-likeness (QED) is 0.639. The lowest BCUT2D eigenvalue weighted by molar-refractivity contribution is 0.102. The zero-order chi connectivity index (χ0) is 21.6. The molecule has 4 rings (SSSR count). The number of ether oxygens (including phenoxy) is 2. The van der Waals surface area contributed by atoms with Gasteiger partial charge in [0.1, 0.15) is 11.5 Å². The second-order valence-electron chi connectivity index (χ2n) is 7.43. The molecule has 0 saturated carbocycles. The number of carbonyl (C=O) groups is 1. The van der Waals surface area contributed by atoms with Gasteiger partial charge >= 0.3 is 0 Å². The van der Waals surface area contributed by atoms with E-state index in [1.807, 2.05) is 36.4 Å². The number of amides is 1. The third-order valence-electron chi connectivity index (χ3n) is 5.40. The zero-order valence-corrected chi connectivity index (χ0v) is 17.8. The molecule has 2 heterocycles. The van der Waals surface area contributed by atoms with Crippen LogP contribution in [0.5, 0.6) is 11.5 Å². The highest BCUT2D eigenvalue weighted by atomic mass is 16.5. The molecule has 0 atom stereocenters. The standard InChI is InChI=1S/C24H26N4O3/c1-30-19-9-10-20(22(16-19)31-2)24(29)25-18-8-6-7-17(15-18)21-11-12-23(27-26-21)28-13-4-3-5-14-28/h6-12,15-16H,3-5,13-14H2,1-2H3,(H,25,29). The average Bonchev–Trinajstić information content (AvgIpc) is 2.84. The molecule has 1 aromatic heterocycles. The normalized spacial score (nSPS) is 13.5. The number of piperidine rings is 1. The molecule has 0 radical (unpaired) electrons. The summed E-state index contributed by atoms with van der Waals surface area (Å²) in [5, 5.41) is 11.8. The molecule has 1 saturated heterocycles. The number of carbonyl (C=O) groups excluding carboxylic acids is 1. The van der Waals surface area contributed by atoms with Crippen molar-refractivity contribution in [1.82, 2.24) is 10.2 Å². The van der Waals surface area contributed by atoms with E-state index in [1.165, 1.54) is 26.4 Å². The van der Waals surface area contributed by atoms with Gasteiger partial charge in [-0.1, -0.05) is 12.1 Å². The van der Waals surface area contributed by atoms with Gasteiger partial charge in [-0.3, -0.25) is 4.79 Å². The Morgan fingerprint density at radius 1 is 0.935 bits per heavy atom. The fourth-order valence-corrected chi connectivity index (χ4v) is 3.71. The van der Waals surface area contributed by atoms with Gasteiger partial charge in [0, 0.05) is 30.4 Å². The fourth-order valence-electron chi connectivity index (χ4n) is 3.71. The summed E-state index contributed by atoms with van der Waals surface area (Å²) in [4.78, 5) is 15.1. The topological polar surface area (TPSA) is 76.6 Å². The molecular weight excluding hydrogens is 392 g/mol. The van der Waals surface area contributed by atoms with Gasteiger partial charge < -0.3 is 19.7 Å². The lowest BCUT2D eigenvalue weighted by Crippen LogP contribution is -2.30. The maximum absolute atomic E-state index is 12.8. The molecule has 3 aromatic rings. The van der Waals surface area contributed by atoms with Crippen molar-refractivity contribution in [2.45, 2.75) is 19.3 Å². The maximum Gasteiger partial charge on any atom is 0.259 e. The van der Waals surface area contributed by atoms with Gasteiger partial charge in [0.2, 0.25) is 0 Å². The van der Waals surface area contributed by atoms with E-state index in [1.54, 1.807) is 25.3 Å². The van der Waals surface area contributed by atoms with E-state index in [9.17, 15) is 4.79 Å². The third kappa shape index (κ3) is 4.77. The number of aromatic nitrogens is 2. The Labute approximate surface area is 182 Å². The lowest BCUT2D eigenvalue weighted by Gasteiger charge is -2.27. The minimum absolute atomic E-state index is 0.261. The summed E-state index contributed by atoms with van der Waals surface area (Å²) in [6.45, 7) is 2.06. The number of benzene rings is 2. The van der Waals surface area contributed by atoms with Gasteiger partial charge in [-0.05, 0) is 55.7 Å². The van der Waals surface area contributed by atoms with Crippen molar-refractivity contribution in [1.29, 1.82) is 0 Å². The van der Waals surface area contributed by atoms with Crippen molar-refractivity contribution >= 4 is 17.4 Å². The van der Waals surface area contributed by atoms with Crippen LogP contribution >= 0.6 is 0 Å². The van der Waals surface area contributed by atoms with Gasteiger partial charge in [0.05, 0.1) is 25.5 Å². The van der Waals surface area contributed by atoms with Gasteiger partial charge in [-0.25, -0.2) is 0 Å². The van der Waals surface area contributed by atoms with E-state index in [4.69, 9.17) is 9.47 Å². The molecule has 7 nitrogen and oxygen atoms in total. The Hall–Kier alpha value is -3.61. The maximum atomic E-state index is 12.8. The monoisotopic (exact) mass is 418 g/mol. The van der Waals surface area contributed by atoms with Crippen LogP contribution in [-0.4, -0.2) is 43.4 Å². The number of methoxy groups -OCH3 is 2. The highest BCUT2D eigenvalue weighted by Crippen LogP contribution is 2.27. The van der Waals surface area contributed by atoms with Gasteiger partial charge in [0.25, 0.3) is 5.91 Å². The van der Waals surface area contributed by atoms with Crippen molar-refractivity contribution in [2.75, 3.05) is 37.5 Å². The molecular formula is C24H26N4O3. The van der Waals surface area contributed by atoms with Crippen molar-refractivity contribution < 1.29 is 14.3 Å². The van der Waals surface area contributed by atoms with Gasteiger partial charge in [-0.15, -0.1) is 10.2 Å². The Kier molecular flexibility index (Phi) is 6.31. The first-order chi connectivity index (χ1) is 15.2. The van der Waals surface area contributed by atoms with E-state index >= 15 is 0 Å². The Bertz CT molecular complexity index is 1050. The summed E-state index contributed by atoms with van der Waals surface area (Å²) in [5.74, 6) is 1.73. The number of hydrogen-bond donors (Lipinski definition) is 1. The largest absolute Gasteiger partial charge is 0.497 e. The molecule has 1 fully saturated rings. The summed E-state index contributed by atoms with van der Waals surface area (Å²) in [5.41, 5.74) is 2.75. The molecule has 1 aliphatic rings. The van der Waals surface area contributed by atoms with Crippen LogP contribution in [0.4, 0.5) is 11.5 Å². The number of rotatable bonds is 6. The second-order valence-corrected chi connectivity index (χ2v) is 7.43. The molecule has 31 heavy (non-hydrogen) atoms. The molecule has 160 valence electrons. The molecule has 0 bridgehead atoms. The highest BCUT2D eigenvalue weighted by molar-refractivity contribution is 6.06. The van der Waals surface area contributed by atoms with Crippen LogP contribution in [0.15, 0.2) is 54.6 Å². The summed E-state index contributed by atoms with van der Waals surface area (Å²) < 4.78 is 10.5. The first-order valence-corrected chi connectivity index (χ1v) is 10.4. The first kappa shape index (κ1) is 20.7. The molecule has 1 N–H and O–H groups in total. The zero-order valence-electron chi connectivity index (χ0n) is 17.8. The third-order valence-corrected chi connectivity index (χ3v) is 5.40. The SMILES string of the molecule is COc1ccc(C(=O)Nc2cccc(-c3ccc(N4CCCCC4)nn3)c2)c(OC)c1. The number of anilines is 2. The lowest BCUT2D eigenvalue weighted by atomic mass is 10.1. The molecule has 7 heteroatoms. The molecule has 2 aromatic carbocycles. The molecule has 0 unspecified atom stereocenters. The Balaban J connectivity index is 1.50. The first-order valence-electron chi connectivity index (χ1n) is 10.4. The summed E-state index contributed by atoms with van der Waals surface area (Å²) in [6, 6.07) is 16.7. The summed E-state index contributed by atoms with van der Waals surface area (Å²) in [6.07, 6.45) is 3.68. The molecule has 1 amide bonds. The number of nitrogens with zero attached hydrogens (tertiary/aromatic N) is 3. The van der Waals surface area contributed by atoms with Gasteiger partial charge in [0.15, 0.2) is 5.82 Å². The molecule has 1 aliphatic heterocycles. The van der Waals surface area contributed by atoms with E-state index in [2.05, 4.69) is 20.4 Å². The van der Waals surface area contributed by atoms with Gasteiger partial charge in [-0.2, -0.15) is 0 Å². The van der Waals surface area contributed by atoms with Crippen LogP contribution in [0.1, 0.15) is 29.6 Å². The van der Waals surface area contributed by atoms with Crippen LogP contribution in [0.25, 0.3) is 11.3 Å². The molecule has 0 aliphatic carbocycles. The van der Waals surface area contributed by atoms with Crippen LogP contribution in [-0.2, 0) is 0 Å². The van der Waals surface area contributed by atoms with E-state index in [-0.39, 0.29) is 5.91 Å². The minimum atomic E-state index is -0.261. The fraction of sp³-hybridized carbons (Fsp3) is 0.292. The Morgan fingerprint density at radius 3 is 2.48 bits per heavy atom. The van der Waals surface area contributed by atoms with Crippen LogP contribution < -0.4 is 19.7 Å². The smallest absolute Gasteiger partial charge is 0.259 e. The van der Waals surface area contributed by atoms with E-state index in [0.717, 1.165) is 30.2 Å². The number of hydrogen-bond acceptors (Lipinski definition) is 6. The predicted octanol–water partition coefficient (Wildman–Crippen LogP) is 4.40. The van der Waals surface area contributed by atoms with Crippen LogP contribution in [0.3, 0.4) is 0 Å². The van der Waals surface area contributed by atoms with E-state index in [0.29, 0.717) is 22.7 Å².